The van der Waals surface area contributed by atoms with Gasteiger partial charge in [0.25, 0.3) is 0 Å². The second-order valence-electron chi connectivity index (χ2n) is 13.3. The van der Waals surface area contributed by atoms with Crippen molar-refractivity contribution in [1.82, 2.24) is 14.8 Å². The van der Waals surface area contributed by atoms with Gasteiger partial charge in [-0.2, -0.15) is 5.10 Å². The van der Waals surface area contributed by atoms with Crippen LogP contribution in [0.4, 0.5) is 0 Å². The lowest BCUT2D eigenvalue weighted by atomic mass is 9.44. The zero-order chi connectivity index (χ0) is 25.3. The molecule has 2 heterocycles. The van der Waals surface area contributed by atoms with E-state index in [0.29, 0.717) is 42.1 Å². The molecule has 6 heteroatoms. The van der Waals surface area contributed by atoms with Crippen LogP contribution >= 0.6 is 0 Å². The second kappa shape index (κ2) is 8.62. The number of hydrogen-bond donors (Lipinski definition) is 1. The lowest BCUT2D eigenvalue weighted by Crippen LogP contribution is -2.57. The molecule has 0 unspecified atom stereocenters. The number of hydrogen-bond acceptors (Lipinski definition) is 5. The van der Waals surface area contributed by atoms with E-state index in [1.54, 1.807) is 7.11 Å². The third-order valence-corrected chi connectivity index (χ3v) is 11.6. The largest absolute Gasteiger partial charge is 0.387 e. The van der Waals surface area contributed by atoms with Crippen LogP contribution < -0.4 is 0 Å². The molecule has 2 aromatic heterocycles. The Morgan fingerprint density at radius 2 is 1.89 bits per heavy atom. The fourth-order valence-electron chi connectivity index (χ4n) is 9.72. The van der Waals surface area contributed by atoms with Crippen molar-refractivity contribution < 1.29 is 14.6 Å². The Morgan fingerprint density at radius 1 is 1.08 bits per heavy atom. The molecule has 4 fully saturated rings. The van der Waals surface area contributed by atoms with Crippen LogP contribution in [-0.4, -0.2) is 45.0 Å². The third kappa shape index (κ3) is 3.69. The van der Waals surface area contributed by atoms with Gasteiger partial charge < -0.3 is 9.84 Å². The van der Waals surface area contributed by atoms with Crippen LogP contribution in [0.1, 0.15) is 77.3 Å². The van der Waals surface area contributed by atoms with Crippen molar-refractivity contribution in [3.05, 3.63) is 24.2 Å². The van der Waals surface area contributed by atoms with Crippen molar-refractivity contribution in [2.24, 2.45) is 40.4 Å². The highest BCUT2D eigenvalue weighted by Crippen LogP contribution is 2.68. The van der Waals surface area contributed by atoms with Gasteiger partial charge in [-0.15, -0.1) is 0 Å². The summed E-state index contributed by atoms with van der Waals surface area (Å²) in [5.74, 6) is 3.15. The van der Waals surface area contributed by atoms with Crippen molar-refractivity contribution in [3.8, 4) is 0 Å². The molecule has 1 N–H and O–H groups in total. The molecular formula is C30H43N3O3. The van der Waals surface area contributed by atoms with Gasteiger partial charge in [0.15, 0.2) is 5.78 Å². The lowest BCUT2D eigenvalue weighted by Gasteiger charge is -2.62. The summed E-state index contributed by atoms with van der Waals surface area (Å²) in [6, 6.07) is 2.04. The van der Waals surface area contributed by atoms with Gasteiger partial charge in [-0.25, -0.2) is 0 Å². The van der Waals surface area contributed by atoms with Crippen molar-refractivity contribution in [2.75, 3.05) is 13.7 Å². The number of methoxy groups -OCH3 is 1. The lowest BCUT2D eigenvalue weighted by molar-refractivity contribution is -0.164. The highest BCUT2D eigenvalue weighted by molar-refractivity contribution is 5.85. The molecule has 0 spiro atoms. The topological polar surface area (TPSA) is 77.2 Å². The number of aryl methyl sites for hydroxylation is 1. The fourth-order valence-corrected chi connectivity index (χ4v) is 9.72. The number of carbonyl (C=O) groups is 1. The number of carbonyl (C=O) groups excluding carboxylic acids is 1. The van der Waals surface area contributed by atoms with E-state index >= 15 is 0 Å². The summed E-state index contributed by atoms with van der Waals surface area (Å²) in [5.41, 5.74) is 1.69. The quantitative estimate of drug-likeness (QED) is 0.608. The molecule has 4 aliphatic rings. The zero-order valence-electron chi connectivity index (χ0n) is 22.5. The molecule has 0 aromatic carbocycles. The van der Waals surface area contributed by atoms with E-state index in [1.165, 1.54) is 25.7 Å². The van der Waals surface area contributed by atoms with E-state index in [2.05, 4.69) is 23.9 Å². The van der Waals surface area contributed by atoms with Crippen LogP contribution in [0.3, 0.4) is 0 Å². The van der Waals surface area contributed by atoms with Crippen molar-refractivity contribution in [3.63, 3.8) is 0 Å². The van der Waals surface area contributed by atoms with Crippen molar-refractivity contribution in [1.29, 1.82) is 0 Å². The highest BCUT2D eigenvalue weighted by atomic mass is 16.5. The van der Waals surface area contributed by atoms with Crippen molar-refractivity contribution in [2.45, 2.75) is 90.7 Å². The van der Waals surface area contributed by atoms with Crippen LogP contribution in [0.25, 0.3) is 10.9 Å². The minimum atomic E-state index is -0.648. The first-order valence-corrected chi connectivity index (χ1v) is 14.2. The van der Waals surface area contributed by atoms with E-state index in [0.717, 1.165) is 54.6 Å². The number of Topliss-reactive ketones (excluding diaryl/α,β-unsaturated/α-hetero) is 1. The number of aliphatic hydroxyl groups is 1. The average molecular weight is 494 g/mol. The Balaban J connectivity index is 1.19. The standard InChI is InChI=1S/C30H43N3O3/c1-19-13-20-15-32-33(26(20)16-31-19)17-27(34)25-8-7-23-22-6-5-21-14-30(35,18-36-4)12-11-28(21,2)24(22)9-10-29(23,25)3/h13,15-16,21-25,35H,5-12,14,17-18H2,1-4H3/t21-,22-,23-,24-,25+,28-,29-,30+/m0/s1. The highest BCUT2D eigenvalue weighted by Gasteiger charge is 2.62. The normalized spacial score (nSPS) is 42.1. The Bertz CT molecular complexity index is 1160. The summed E-state index contributed by atoms with van der Waals surface area (Å²) >= 11 is 0. The van der Waals surface area contributed by atoms with Gasteiger partial charge in [0.1, 0.15) is 6.54 Å². The molecule has 0 saturated heterocycles. The van der Waals surface area contributed by atoms with Crippen molar-refractivity contribution >= 4 is 16.7 Å². The number of aromatic nitrogens is 3. The summed E-state index contributed by atoms with van der Waals surface area (Å²) < 4.78 is 7.25. The first kappa shape index (κ1) is 24.5. The molecule has 4 aliphatic carbocycles. The number of pyridine rings is 1. The monoisotopic (exact) mass is 493 g/mol. The summed E-state index contributed by atoms with van der Waals surface area (Å²) in [6.07, 6.45) is 13.6. The van der Waals surface area contributed by atoms with Crippen LogP contribution in [0, 0.1) is 47.3 Å². The maximum absolute atomic E-state index is 13.7. The SMILES string of the molecule is COC[C@@]1(O)CC[C@@]2(C)[C@@H](CC[C@@H]3[C@@H]2CC[C@]2(C)[C@@H](C(=O)Cn4ncc5cc(C)ncc54)CC[C@@H]32)C1. The van der Waals surface area contributed by atoms with Crippen LogP contribution in [0.2, 0.25) is 0 Å². The number of ketones is 1. The molecule has 6 nitrogen and oxygen atoms in total. The summed E-state index contributed by atoms with van der Waals surface area (Å²) in [7, 11) is 1.70. The van der Waals surface area contributed by atoms with E-state index in [1.807, 2.05) is 30.1 Å². The van der Waals surface area contributed by atoms with Gasteiger partial charge in [0, 0.05) is 24.1 Å². The smallest absolute Gasteiger partial charge is 0.157 e. The Labute approximate surface area is 215 Å². The van der Waals surface area contributed by atoms with Gasteiger partial charge in [-0.05, 0) is 105 Å². The number of ether oxygens (including phenoxy) is 1. The minimum Gasteiger partial charge on any atom is -0.387 e. The summed E-state index contributed by atoms with van der Waals surface area (Å²) in [6.45, 7) is 7.76. The predicted molar refractivity (Wildman–Crippen MR) is 139 cm³/mol. The molecule has 0 bridgehead atoms. The van der Waals surface area contributed by atoms with E-state index in [4.69, 9.17) is 4.74 Å². The zero-order valence-corrected chi connectivity index (χ0v) is 22.5. The van der Waals surface area contributed by atoms with Crippen LogP contribution in [0.5, 0.6) is 0 Å². The Kier molecular flexibility index (Phi) is 5.88. The molecule has 0 amide bonds. The first-order valence-electron chi connectivity index (χ1n) is 14.2. The number of nitrogens with zero attached hydrogens (tertiary/aromatic N) is 3. The average Bonchev–Trinajstić information content (AvgIpc) is 3.39. The van der Waals surface area contributed by atoms with E-state index in [-0.39, 0.29) is 11.3 Å². The molecule has 0 radical (unpaired) electrons. The minimum absolute atomic E-state index is 0.102. The van der Waals surface area contributed by atoms with Gasteiger partial charge in [-0.3, -0.25) is 14.5 Å². The molecule has 0 aliphatic heterocycles. The first-order chi connectivity index (χ1) is 17.2. The van der Waals surface area contributed by atoms with Gasteiger partial charge in [0.2, 0.25) is 0 Å². The van der Waals surface area contributed by atoms with Gasteiger partial charge in [-0.1, -0.05) is 13.8 Å². The van der Waals surface area contributed by atoms with E-state index in [9.17, 15) is 9.90 Å². The third-order valence-electron chi connectivity index (χ3n) is 11.6. The maximum Gasteiger partial charge on any atom is 0.157 e. The molecule has 36 heavy (non-hydrogen) atoms. The van der Waals surface area contributed by atoms with E-state index < -0.39 is 5.60 Å². The molecule has 6 rings (SSSR count). The maximum atomic E-state index is 13.7. The van der Waals surface area contributed by atoms with Crippen LogP contribution in [0.15, 0.2) is 18.5 Å². The molecular weight excluding hydrogens is 450 g/mol. The molecule has 196 valence electrons. The Hall–Kier alpha value is -1.79. The van der Waals surface area contributed by atoms with Gasteiger partial charge in [0.05, 0.1) is 30.1 Å². The number of fused-ring (bicyclic) bond motifs is 6. The molecule has 2 aromatic rings. The van der Waals surface area contributed by atoms with Gasteiger partial charge >= 0.3 is 0 Å². The fraction of sp³-hybridized carbons (Fsp3) is 0.767. The Morgan fingerprint density at radius 3 is 2.69 bits per heavy atom. The summed E-state index contributed by atoms with van der Waals surface area (Å²) in [5, 5.41) is 16.7. The summed E-state index contributed by atoms with van der Waals surface area (Å²) in [4.78, 5) is 18.2. The predicted octanol–water partition coefficient (Wildman–Crippen LogP) is 5.35. The second-order valence-corrected chi connectivity index (χ2v) is 13.3. The molecule has 4 saturated carbocycles. The molecule has 8 atom stereocenters. The van der Waals surface area contributed by atoms with Crippen LogP contribution in [-0.2, 0) is 16.1 Å². The number of rotatable bonds is 5.